The fourth-order valence-electron chi connectivity index (χ4n) is 2.59. The molecule has 2 unspecified atom stereocenters. The Morgan fingerprint density at radius 2 is 2.17 bits per heavy atom. The first kappa shape index (κ1) is 17.9. The van der Waals surface area contributed by atoms with Crippen molar-refractivity contribution < 1.29 is 29.0 Å². The fourth-order valence-corrected chi connectivity index (χ4v) is 2.59. The third kappa shape index (κ3) is 4.55. The Labute approximate surface area is 139 Å². The second kappa shape index (κ2) is 7.44. The van der Waals surface area contributed by atoms with Crippen molar-refractivity contribution in [1.82, 2.24) is 5.32 Å². The van der Waals surface area contributed by atoms with Gasteiger partial charge in [-0.05, 0) is 32.4 Å². The summed E-state index contributed by atoms with van der Waals surface area (Å²) in [4.78, 5) is 34.8. The molecule has 1 aliphatic rings. The van der Waals surface area contributed by atoms with Gasteiger partial charge in [-0.15, -0.1) is 0 Å². The van der Waals surface area contributed by atoms with E-state index < -0.39 is 23.5 Å². The first-order valence-corrected chi connectivity index (χ1v) is 7.70. The number of carboxylic acids is 1. The van der Waals surface area contributed by atoms with E-state index in [-0.39, 0.29) is 18.8 Å². The molecule has 2 N–H and O–H groups in total. The van der Waals surface area contributed by atoms with E-state index in [0.717, 1.165) is 0 Å². The summed E-state index contributed by atoms with van der Waals surface area (Å²) in [7, 11) is 0. The minimum atomic E-state index is -0.997. The number of Topliss-reactive ketones (excluding diaryl/α,β-unsaturated/α-hetero) is 1. The van der Waals surface area contributed by atoms with Crippen molar-refractivity contribution in [2.24, 2.45) is 0 Å². The van der Waals surface area contributed by atoms with Crippen LogP contribution in [0.2, 0.25) is 0 Å². The van der Waals surface area contributed by atoms with Crippen LogP contribution in [0.25, 0.3) is 0 Å². The number of hydrogen-bond donors (Lipinski definition) is 2. The van der Waals surface area contributed by atoms with Crippen molar-refractivity contribution in [3.8, 4) is 5.75 Å². The first-order valence-electron chi connectivity index (χ1n) is 7.70. The van der Waals surface area contributed by atoms with Gasteiger partial charge in [-0.3, -0.25) is 14.4 Å². The first-order chi connectivity index (χ1) is 11.3. The van der Waals surface area contributed by atoms with E-state index in [4.69, 9.17) is 14.6 Å². The number of carbonyl (C=O) groups excluding carboxylic acids is 2. The number of hydrogen-bond acceptors (Lipinski definition) is 5. The summed E-state index contributed by atoms with van der Waals surface area (Å²) in [6, 6.07) is 6.56. The molecule has 1 aromatic carbocycles. The zero-order valence-corrected chi connectivity index (χ0v) is 13.7. The van der Waals surface area contributed by atoms with Crippen LogP contribution in [-0.4, -0.2) is 47.6 Å². The molecule has 2 rings (SSSR count). The van der Waals surface area contributed by atoms with E-state index in [0.29, 0.717) is 24.3 Å². The summed E-state index contributed by atoms with van der Waals surface area (Å²) < 4.78 is 10.8. The number of carboxylic acid groups (broad SMARTS) is 1. The Kier molecular flexibility index (Phi) is 5.56. The summed E-state index contributed by atoms with van der Waals surface area (Å²) in [6.07, 6.45) is -0.596. The lowest BCUT2D eigenvalue weighted by Gasteiger charge is -2.28. The summed E-state index contributed by atoms with van der Waals surface area (Å²) in [5.74, 6) is -1.11. The van der Waals surface area contributed by atoms with Crippen molar-refractivity contribution >= 4 is 17.7 Å². The minimum Gasteiger partial charge on any atom is -0.481 e. The summed E-state index contributed by atoms with van der Waals surface area (Å²) >= 11 is 0. The maximum atomic E-state index is 12.4. The van der Waals surface area contributed by atoms with Crippen LogP contribution in [0, 0.1) is 0 Å². The molecule has 1 saturated heterocycles. The molecule has 0 aliphatic carbocycles. The van der Waals surface area contributed by atoms with Crippen molar-refractivity contribution in [2.45, 2.75) is 38.3 Å². The monoisotopic (exact) mass is 335 g/mol. The van der Waals surface area contributed by atoms with Gasteiger partial charge in [0.05, 0.1) is 18.6 Å². The number of ketones is 1. The Morgan fingerprint density at radius 1 is 1.42 bits per heavy atom. The van der Waals surface area contributed by atoms with Crippen LogP contribution in [0.4, 0.5) is 0 Å². The van der Waals surface area contributed by atoms with Gasteiger partial charge >= 0.3 is 5.97 Å². The van der Waals surface area contributed by atoms with Gasteiger partial charge < -0.3 is 19.9 Å². The van der Waals surface area contributed by atoms with Crippen molar-refractivity contribution in [1.29, 1.82) is 0 Å². The predicted octanol–water partition coefficient (Wildman–Crippen LogP) is 1.41. The quantitative estimate of drug-likeness (QED) is 0.731. The third-order valence-electron chi connectivity index (χ3n) is 3.90. The standard InChI is InChI=1S/C17H21NO6/c1-11(19)13-4-3-5-14(8-13)24-12(2)16(22)18-17(9-15(20)21)6-7-23-10-17/h3-5,8,12H,6-7,9-10H2,1-2H3,(H,18,22)(H,20,21). The number of rotatable bonds is 7. The molecule has 0 aromatic heterocycles. The summed E-state index contributed by atoms with van der Waals surface area (Å²) in [6.45, 7) is 3.59. The maximum Gasteiger partial charge on any atom is 0.305 e. The average molecular weight is 335 g/mol. The Hall–Kier alpha value is -2.41. The highest BCUT2D eigenvalue weighted by Gasteiger charge is 2.39. The molecule has 7 nitrogen and oxygen atoms in total. The highest BCUT2D eigenvalue weighted by Crippen LogP contribution is 2.23. The summed E-state index contributed by atoms with van der Waals surface area (Å²) in [5.41, 5.74) is -0.409. The Balaban J connectivity index is 2.02. The van der Waals surface area contributed by atoms with Crippen LogP contribution < -0.4 is 10.1 Å². The number of ether oxygens (including phenoxy) is 2. The molecule has 1 aromatic rings. The van der Waals surface area contributed by atoms with E-state index in [1.165, 1.54) is 6.92 Å². The molecule has 1 amide bonds. The number of aliphatic carboxylic acids is 1. The van der Waals surface area contributed by atoms with Gasteiger partial charge in [-0.25, -0.2) is 0 Å². The summed E-state index contributed by atoms with van der Waals surface area (Å²) in [5, 5.41) is 11.8. The molecule has 0 spiro atoms. The van der Waals surface area contributed by atoms with Gasteiger partial charge in [0.15, 0.2) is 11.9 Å². The highest BCUT2D eigenvalue weighted by atomic mass is 16.5. The Morgan fingerprint density at radius 3 is 2.75 bits per heavy atom. The molecule has 1 heterocycles. The SMILES string of the molecule is CC(=O)c1cccc(OC(C)C(=O)NC2(CC(=O)O)CCOC2)c1. The predicted molar refractivity (Wildman–Crippen MR) is 85.1 cm³/mol. The van der Waals surface area contributed by atoms with Gasteiger partial charge in [-0.1, -0.05) is 12.1 Å². The molecule has 24 heavy (non-hydrogen) atoms. The zero-order valence-electron chi connectivity index (χ0n) is 13.7. The molecule has 1 fully saturated rings. The van der Waals surface area contributed by atoms with Crippen LogP contribution in [-0.2, 0) is 14.3 Å². The molecule has 0 radical (unpaired) electrons. The number of benzene rings is 1. The van der Waals surface area contributed by atoms with E-state index in [1.807, 2.05) is 0 Å². The van der Waals surface area contributed by atoms with Gasteiger partial charge in [-0.2, -0.15) is 0 Å². The molecule has 2 atom stereocenters. The lowest BCUT2D eigenvalue weighted by molar-refractivity contribution is -0.139. The van der Waals surface area contributed by atoms with E-state index in [9.17, 15) is 14.4 Å². The van der Waals surface area contributed by atoms with Gasteiger partial charge in [0.1, 0.15) is 5.75 Å². The smallest absolute Gasteiger partial charge is 0.305 e. The van der Waals surface area contributed by atoms with Gasteiger partial charge in [0.2, 0.25) is 0 Å². The zero-order chi connectivity index (χ0) is 17.7. The van der Waals surface area contributed by atoms with E-state index in [1.54, 1.807) is 31.2 Å². The molecule has 0 bridgehead atoms. The largest absolute Gasteiger partial charge is 0.481 e. The lowest BCUT2D eigenvalue weighted by atomic mass is 9.94. The van der Waals surface area contributed by atoms with Gasteiger partial charge in [0.25, 0.3) is 5.91 Å². The minimum absolute atomic E-state index is 0.0962. The average Bonchev–Trinajstić information content (AvgIpc) is 2.94. The molecular weight excluding hydrogens is 314 g/mol. The molecule has 0 saturated carbocycles. The molecule has 7 heteroatoms. The number of nitrogens with one attached hydrogen (secondary N) is 1. The Bertz CT molecular complexity index is 636. The van der Waals surface area contributed by atoms with E-state index >= 15 is 0 Å². The number of carbonyl (C=O) groups is 3. The topological polar surface area (TPSA) is 102 Å². The number of amides is 1. The van der Waals surface area contributed by atoms with Crippen LogP contribution in [0.15, 0.2) is 24.3 Å². The fraction of sp³-hybridized carbons (Fsp3) is 0.471. The van der Waals surface area contributed by atoms with Crippen molar-refractivity contribution in [3.05, 3.63) is 29.8 Å². The molecule has 1 aliphatic heterocycles. The third-order valence-corrected chi connectivity index (χ3v) is 3.90. The normalized spacial score (nSPS) is 21.1. The second-order valence-electron chi connectivity index (χ2n) is 5.99. The molecule has 130 valence electrons. The highest BCUT2D eigenvalue weighted by molar-refractivity contribution is 5.94. The second-order valence-corrected chi connectivity index (χ2v) is 5.99. The van der Waals surface area contributed by atoms with E-state index in [2.05, 4.69) is 5.32 Å². The molecular formula is C17H21NO6. The van der Waals surface area contributed by atoms with Crippen molar-refractivity contribution in [2.75, 3.05) is 13.2 Å². The van der Waals surface area contributed by atoms with Crippen LogP contribution >= 0.6 is 0 Å². The van der Waals surface area contributed by atoms with Gasteiger partial charge in [0, 0.05) is 12.2 Å². The van der Waals surface area contributed by atoms with Crippen LogP contribution in [0.3, 0.4) is 0 Å². The van der Waals surface area contributed by atoms with Crippen molar-refractivity contribution in [3.63, 3.8) is 0 Å². The van der Waals surface area contributed by atoms with Crippen LogP contribution in [0.1, 0.15) is 37.0 Å². The maximum absolute atomic E-state index is 12.4. The lowest BCUT2D eigenvalue weighted by Crippen LogP contribution is -2.53. The van der Waals surface area contributed by atoms with Crippen LogP contribution in [0.5, 0.6) is 5.75 Å².